The molecule has 0 saturated carbocycles. The summed E-state index contributed by atoms with van der Waals surface area (Å²) in [7, 11) is 0. The van der Waals surface area contributed by atoms with E-state index in [-0.39, 0.29) is 0 Å². The molecule has 5 aromatic rings. The van der Waals surface area contributed by atoms with E-state index in [1.165, 1.54) is 43.5 Å². The van der Waals surface area contributed by atoms with Crippen molar-refractivity contribution in [1.29, 1.82) is 0 Å². The number of aromatic amines is 2. The average Bonchev–Trinajstić information content (AvgIpc) is 3.10. The first-order chi connectivity index (χ1) is 9.92. The number of H-pyrrole nitrogens is 2. The second kappa shape index (κ2) is 3.42. The number of rotatable bonds is 0. The molecule has 20 heavy (non-hydrogen) atoms. The van der Waals surface area contributed by atoms with Crippen LogP contribution in [0, 0.1) is 0 Å². The zero-order valence-corrected chi connectivity index (χ0v) is 10.8. The summed E-state index contributed by atoms with van der Waals surface area (Å²) in [6, 6.07) is 19.4. The van der Waals surface area contributed by atoms with Crippen molar-refractivity contribution in [3.63, 3.8) is 0 Å². The molecular weight excluding hydrogens is 244 g/mol. The second-order valence-electron chi connectivity index (χ2n) is 5.26. The van der Waals surface area contributed by atoms with Crippen molar-refractivity contribution in [3.05, 3.63) is 60.8 Å². The van der Waals surface area contributed by atoms with Crippen LogP contribution < -0.4 is 0 Å². The van der Waals surface area contributed by atoms with E-state index in [1.807, 2.05) is 6.20 Å². The Morgan fingerprint density at radius 3 is 2.55 bits per heavy atom. The van der Waals surface area contributed by atoms with Crippen molar-refractivity contribution in [2.24, 2.45) is 0 Å². The number of para-hydroxylation sites is 1. The molecule has 0 aliphatic carbocycles. The Bertz CT molecular complexity index is 1100. The van der Waals surface area contributed by atoms with Crippen molar-refractivity contribution >= 4 is 43.5 Å². The van der Waals surface area contributed by atoms with Crippen LogP contribution in [-0.2, 0) is 0 Å². The highest BCUT2D eigenvalue weighted by Crippen LogP contribution is 2.34. The molecule has 0 spiro atoms. The largest absolute Gasteiger partial charge is 0.361 e. The Hall–Kier alpha value is -2.74. The van der Waals surface area contributed by atoms with E-state index in [0.717, 1.165) is 0 Å². The molecular formula is C18H12N2. The number of fused-ring (bicyclic) bond motifs is 7. The summed E-state index contributed by atoms with van der Waals surface area (Å²) in [5.74, 6) is 0. The minimum absolute atomic E-state index is 1.18. The minimum Gasteiger partial charge on any atom is -0.361 e. The van der Waals surface area contributed by atoms with Gasteiger partial charge < -0.3 is 9.97 Å². The molecule has 2 N–H and O–H groups in total. The lowest BCUT2D eigenvalue weighted by atomic mass is 10.0. The fourth-order valence-corrected chi connectivity index (χ4v) is 3.28. The van der Waals surface area contributed by atoms with Gasteiger partial charge in [0.15, 0.2) is 0 Å². The third-order valence-electron chi connectivity index (χ3n) is 4.19. The molecule has 0 unspecified atom stereocenters. The quantitative estimate of drug-likeness (QED) is 0.392. The van der Waals surface area contributed by atoms with Crippen molar-refractivity contribution in [1.82, 2.24) is 9.97 Å². The SMILES string of the molecule is c1ccc2c(c1)[nH]c1c2ccc2ccc3[nH]ccc3c21. The zero-order chi connectivity index (χ0) is 13.1. The van der Waals surface area contributed by atoms with Gasteiger partial charge in [0.05, 0.1) is 5.52 Å². The summed E-state index contributed by atoms with van der Waals surface area (Å²) < 4.78 is 0. The summed E-state index contributed by atoms with van der Waals surface area (Å²) in [6.45, 7) is 0. The topological polar surface area (TPSA) is 31.6 Å². The molecule has 94 valence electrons. The highest BCUT2D eigenvalue weighted by molar-refractivity contribution is 6.23. The van der Waals surface area contributed by atoms with Crippen LogP contribution in [0.1, 0.15) is 0 Å². The standard InChI is InChI=1S/C18H12N2/c1-2-4-16-12(3-1)13-7-5-11-6-8-15-14(9-10-19-15)17(11)18(13)20-16/h1-10,19-20H. The van der Waals surface area contributed by atoms with Gasteiger partial charge in [-0.1, -0.05) is 36.4 Å². The van der Waals surface area contributed by atoms with E-state index in [2.05, 4.69) is 64.6 Å². The van der Waals surface area contributed by atoms with E-state index in [9.17, 15) is 0 Å². The number of benzene rings is 3. The molecule has 2 heteroatoms. The molecule has 3 aromatic carbocycles. The summed E-state index contributed by atoms with van der Waals surface area (Å²) in [5.41, 5.74) is 3.61. The maximum Gasteiger partial charge on any atom is 0.0551 e. The fraction of sp³-hybridized carbons (Fsp3) is 0. The Kier molecular flexibility index (Phi) is 1.73. The molecule has 0 atom stereocenters. The number of hydrogen-bond donors (Lipinski definition) is 2. The molecule has 0 saturated heterocycles. The molecule has 0 aliphatic rings. The van der Waals surface area contributed by atoms with Gasteiger partial charge in [-0.3, -0.25) is 0 Å². The number of aromatic nitrogens is 2. The molecule has 0 amide bonds. The van der Waals surface area contributed by atoms with Crippen molar-refractivity contribution in [3.8, 4) is 0 Å². The first-order valence-corrected chi connectivity index (χ1v) is 6.81. The number of nitrogens with one attached hydrogen (secondary N) is 2. The van der Waals surface area contributed by atoms with Gasteiger partial charge in [0.25, 0.3) is 0 Å². The Balaban J connectivity index is 2.16. The Morgan fingerprint density at radius 1 is 0.650 bits per heavy atom. The lowest BCUT2D eigenvalue weighted by Crippen LogP contribution is -1.77. The molecule has 2 aromatic heterocycles. The maximum atomic E-state index is 3.59. The predicted molar refractivity (Wildman–Crippen MR) is 85.2 cm³/mol. The first kappa shape index (κ1) is 10.1. The van der Waals surface area contributed by atoms with Crippen molar-refractivity contribution < 1.29 is 0 Å². The normalized spacial score (nSPS) is 12.0. The molecule has 0 fully saturated rings. The van der Waals surface area contributed by atoms with Gasteiger partial charge in [-0.05, 0) is 23.6 Å². The van der Waals surface area contributed by atoms with Crippen LogP contribution in [0.4, 0.5) is 0 Å². The maximum absolute atomic E-state index is 3.59. The third-order valence-corrected chi connectivity index (χ3v) is 4.19. The van der Waals surface area contributed by atoms with Crippen LogP contribution in [0.15, 0.2) is 60.8 Å². The smallest absolute Gasteiger partial charge is 0.0551 e. The molecule has 5 rings (SSSR count). The molecule has 2 nitrogen and oxygen atoms in total. The van der Waals surface area contributed by atoms with Crippen LogP contribution in [-0.4, -0.2) is 9.97 Å². The van der Waals surface area contributed by atoms with E-state index in [1.54, 1.807) is 0 Å². The fourth-order valence-electron chi connectivity index (χ4n) is 3.28. The van der Waals surface area contributed by atoms with Crippen LogP contribution in [0.2, 0.25) is 0 Å². The third kappa shape index (κ3) is 1.14. The van der Waals surface area contributed by atoms with E-state index >= 15 is 0 Å². The highest BCUT2D eigenvalue weighted by atomic mass is 14.7. The second-order valence-corrected chi connectivity index (χ2v) is 5.26. The van der Waals surface area contributed by atoms with Crippen LogP contribution >= 0.6 is 0 Å². The van der Waals surface area contributed by atoms with Gasteiger partial charge in [-0.25, -0.2) is 0 Å². The first-order valence-electron chi connectivity index (χ1n) is 6.81. The van der Waals surface area contributed by atoms with Gasteiger partial charge in [-0.2, -0.15) is 0 Å². The Morgan fingerprint density at radius 2 is 1.55 bits per heavy atom. The summed E-state index contributed by atoms with van der Waals surface area (Å²) in [4.78, 5) is 6.89. The van der Waals surface area contributed by atoms with Crippen LogP contribution in [0.3, 0.4) is 0 Å². The Labute approximate surface area is 115 Å². The molecule has 2 heterocycles. The van der Waals surface area contributed by atoms with Crippen molar-refractivity contribution in [2.75, 3.05) is 0 Å². The average molecular weight is 256 g/mol. The van der Waals surface area contributed by atoms with E-state index in [0.29, 0.717) is 0 Å². The van der Waals surface area contributed by atoms with Gasteiger partial charge in [0, 0.05) is 38.8 Å². The van der Waals surface area contributed by atoms with E-state index < -0.39 is 0 Å². The highest BCUT2D eigenvalue weighted by Gasteiger charge is 2.09. The lowest BCUT2D eigenvalue weighted by molar-refractivity contribution is 1.48. The van der Waals surface area contributed by atoms with Gasteiger partial charge in [0.2, 0.25) is 0 Å². The number of hydrogen-bond acceptors (Lipinski definition) is 0. The van der Waals surface area contributed by atoms with Crippen LogP contribution in [0.5, 0.6) is 0 Å². The molecule has 0 radical (unpaired) electrons. The monoisotopic (exact) mass is 256 g/mol. The zero-order valence-electron chi connectivity index (χ0n) is 10.8. The van der Waals surface area contributed by atoms with Gasteiger partial charge in [-0.15, -0.1) is 0 Å². The van der Waals surface area contributed by atoms with Crippen LogP contribution in [0.25, 0.3) is 43.5 Å². The minimum atomic E-state index is 1.18. The van der Waals surface area contributed by atoms with E-state index in [4.69, 9.17) is 0 Å². The lowest BCUT2D eigenvalue weighted by Gasteiger charge is -2.02. The summed E-state index contributed by atoms with van der Waals surface area (Å²) in [5, 5.41) is 6.44. The van der Waals surface area contributed by atoms with Gasteiger partial charge >= 0.3 is 0 Å². The summed E-state index contributed by atoms with van der Waals surface area (Å²) >= 11 is 0. The predicted octanol–water partition coefficient (Wildman–Crippen LogP) is 4.96. The molecule has 0 bridgehead atoms. The molecule has 0 aliphatic heterocycles. The summed E-state index contributed by atoms with van der Waals surface area (Å²) in [6.07, 6.45) is 2.01. The van der Waals surface area contributed by atoms with Gasteiger partial charge in [0.1, 0.15) is 0 Å². The van der Waals surface area contributed by atoms with Crippen molar-refractivity contribution in [2.45, 2.75) is 0 Å².